The lowest BCUT2D eigenvalue weighted by molar-refractivity contribution is 0.0219. The fraction of sp³-hybridized carbons (Fsp3) is 0.818. The van der Waals surface area contributed by atoms with E-state index in [9.17, 15) is 4.79 Å². The smallest absolute Gasteiger partial charge is 0.410 e. The predicted molar refractivity (Wildman–Crippen MR) is 64.0 cm³/mol. The molecule has 90 valence electrons. The van der Waals surface area contributed by atoms with E-state index in [0.29, 0.717) is 18.3 Å². The Hall–Kier alpha value is -0.890. The number of carbonyl (C=O) groups is 1. The number of carbonyl (C=O) groups excluding carboxylic acids is 1. The van der Waals surface area contributed by atoms with Crippen LogP contribution in [0, 0.1) is 10.7 Å². The number of piperidine rings is 1. The standard InChI is InChI=1S/C11H18N2O2S/c1-11(2,3)15-10(14)13-6-4-9(5-7-13)16-8-12/h9H,4-7H2,1-3H3. The van der Waals surface area contributed by atoms with Crippen LogP contribution in [0.1, 0.15) is 33.6 Å². The number of hydrogen-bond acceptors (Lipinski definition) is 4. The maximum atomic E-state index is 11.7. The first kappa shape index (κ1) is 13.2. The van der Waals surface area contributed by atoms with Gasteiger partial charge in [0.05, 0.1) is 0 Å². The van der Waals surface area contributed by atoms with E-state index in [4.69, 9.17) is 10.00 Å². The minimum Gasteiger partial charge on any atom is -0.444 e. The zero-order chi connectivity index (χ0) is 12.2. The number of likely N-dealkylation sites (tertiary alicyclic amines) is 1. The Morgan fingerprint density at radius 2 is 2.00 bits per heavy atom. The van der Waals surface area contributed by atoms with E-state index in [1.165, 1.54) is 11.8 Å². The summed E-state index contributed by atoms with van der Waals surface area (Å²) >= 11 is 1.31. The highest BCUT2D eigenvalue weighted by molar-refractivity contribution is 8.04. The van der Waals surface area contributed by atoms with Gasteiger partial charge >= 0.3 is 6.09 Å². The molecule has 0 aromatic rings. The minimum absolute atomic E-state index is 0.243. The lowest BCUT2D eigenvalue weighted by Crippen LogP contribution is -2.42. The molecule has 0 aromatic heterocycles. The number of thiocyanates is 1. The second-order valence-corrected chi connectivity index (χ2v) is 5.96. The van der Waals surface area contributed by atoms with Crippen LogP contribution in [0.15, 0.2) is 0 Å². The van der Waals surface area contributed by atoms with E-state index in [1.807, 2.05) is 20.8 Å². The fourth-order valence-electron chi connectivity index (χ4n) is 1.56. The molecular formula is C11H18N2O2S. The summed E-state index contributed by atoms with van der Waals surface area (Å²) in [7, 11) is 0. The van der Waals surface area contributed by atoms with Gasteiger partial charge in [0.15, 0.2) is 0 Å². The van der Waals surface area contributed by atoms with E-state index in [-0.39, 0.29) is 6.09 Å². The average Bonchev–Trinajstić information content (AvgIpc) is 2.16. The molecule has 1 amide bonds. The molecule has 4 nitrogen and oxygen atoms in total. The molecule has 0 spiro atoms. The van der Waals surface area contributed by atoms with E-state index in [2.05, 4.69) is 5.40 Å². The molecule has 0 atom stereocenters. The van der Waals surface area contributed by atoms with Gasteiger partial charge in [-0.25, -0.2) is 4.79 Å². The molecule has 0 N–H and O–H groups in total. The molecule has 1 aliphatic rings. The van der Waals surface area contributed by atoms with Crippen molar-refractivity contribution in [3.63, 3.8) is 0 Å². The number of hydrogen-bond donors (Lipinski definition) is 0. The van der Waals surface area contributed by atoms with Crippen LogP contribution in [0.25, 0.3) is 0 Å². The van der Waals surface area contributed by atoms with Crippen molar-refractivity contribution < 1.29 is 9.53 Å². The quantitative estimate of drug-likeness (QED) is 0.663. The topological polar surface area (TPSA) is 53.3 Å². The fourth-order valence-corrected chi connectivity index (χ4v) is 2.15. The SMILES string of the molecule is CC(C)(C)OC(=O)N1CCC(SC#N)CC1. The average molecular weight is 242 g/mol. The Morgan fingerprint density at radius 1 is 1.44 bits per heavy atom. The maximum Gasteiger partial charge on any atom is 0.410 e. The van der Waals surface area contributed by atoms with Crippen molar-refractivity contribution in [3.8, 4) is 5.40 Å². The summed E-state index contributed by atoms with van der Waals surface area (Å²) in [6.45, 7) is 6.97. The van der Waals surface area contributed by atoms with E-state index in [0.717, 1.165) is 12.8 Å². The van der Waals surface area contributed by atoms with Gasteiger partial charge in [-0.3, -0.25) is 0 Å². The first-order valence-electron chi connectivity index (χ1n) is 5.45. The Balaban J connectivity index is 2.37. The zero-order valence-electron chi connectivity index (χ0n) is 10.0. The van der Waals surface area contributed by atoms with Crippen molar-refractivity contribution >= 4 is 17.9 Å². The maximum absolute atomic E-state index is 11.7. The first-order valence-corrected chi connectivity index (χ1v) is 6.33. The molecule has 0 radical (unpaired) electrons. The Labute approximate surface area is 101 Å². The number of nitrogens with zero attached hydrogens (tertiary/aromatic N) is 2. The number of ether oxygens (including phenoxy) is 1. The third kappa shape index (κ3) is 4.31. The zero-order valence-corrected chi connectivity index (χ0v) is 10.8. The van der Waals surface area contributed by atoms with Crippen molar-refractivity contribution in [3.05, 3.63) is 0 Å². The highest BCUT2D eigenvalue weighted by atomic mass is 32.2. The van der Waals surface area contributed by atoms with Crippen LogP contribution in [-0.2, 0) is 4.74 Å². The molecule has 0 bridgehead atoms. The van der Waals surface area contributed by atoms with Crippen LogP contribution in [0.2, 0.25) is 0 Å². The van der Waals surface area contributed by atoms with Gasteiger partial charge in [-0.1, -0.05) is 0 Å². The van der Waals surface area contributed by atoms with Gasteiger partial charge in [0.25, 0.3) is 0 Å². The van der Waals surface area contributed by atoms with Crippen LogP contribution in [0.5, 0.6) is 0 Å². The lowest BCUT2D eigenvalue weighted by atomic mass is 10.1. The van der Waals surface area contributed by atoms with Crippen molar-refractivity contribution in [2.45, 2.75) is 44.5 Å². The number of rotatable bonds is 1. The van der Waals surface area contributed by atoms with Crippen LogP contribution in [0.4, 0.5) is 4.79 Å². The molecule has 0 aliphatic carbocycles. The van der Waals surface area contributed by atoms with Crippen LogP contribution < -0.4 is 0 Å². The van der Waals surface area contributed by atoms with Crippen LogP contribution in [-0.4, -0.2) is 34.9 Å². The molecule has 1 rings (SSSR count). The number of amides is 1. The van der Waals surface area contributed by atoms with Crippen molar-refractivity contribution in [1.29, 1.82) is 5.26 Å². The normalized spacial score (nSPS) is 18.0. The first-order chi connectivity index (χ1) is 7.42. The Morgan fingerprint density at radius 3 is 2.44 bits per heavy atom. The Bertz CT molecular complexity index is 285. The van der Waals surface area contributed by atoms with Crippen molar-refractivity contribution in [2.75, 3.05) is 13.1 Å². The number of nitriles is 1. The monoisotopic (exact) mass is 242 g/mol. The highest BCUT2D eigenvalue weighted by Gasteiger charge is 2.26. The van der Waals surface area contributed by atoms with Gasteiger partial charge in [0, 0.05) is 18.3 Å². The largest absolute Gasteiger partial charge is 0.444 e. The molecule has 0 aromatic carbocycles. The molecule has 1 aliphatic heterocycles. The molecular weight excluding hydrogens is 224 g/mol. The minimum atomic E-state index is -0.435. The van der Waals surface area contributed by atoms with Gasteiger partial charge < -0.3 is 9.64 Å². The summed E-state index contributed by atoms with van der Waals surface area (Å²) in [4.78, 5) is 13.4. The van der Waals surface area contributed by atoms with Gasteiger partial charge in [-0.2, -0.15) is 5.26 Å². The summed E-state index contributed by atoms with van der Waals surface area (Å²) in [5, 5.41) is 11.0. The number of thioether (sulfide) groups is 1. The summed E-state index contributed by atoms with van der Waals surface area (Å²) in [6.07, 6.45) is 1.50. The second-order valence-electron chi connectivity index (χ2n) is 4.88. The lowest BCUT2D eigenvalue weighted by Gasteiger charge is -2.32. The molecule has 5 heteroatoms. The summed E-state index contributed by atoms with van der Waals surface area (Å²) in [6, 6.07) is 0. The van der Waals surface area contributed by atoms with Crippen LogP contribution in [0.3, 0.4) is 0 Å². The summed E-state index contributed by atoms with van der Waals surface area (Å²) in [5.41, 5.74) is -0.435. The summed E-state index contributed by atoms with van der Waals surface area (Å²) < 4.78 is 5.29. The third-order valence-electron chi connectivity index (χ3n) is 2.31. The van der Waals surface area contributed by atoms with Gasteiger partial charge in [-0.15, -0.1) is 0 Å². The molecule has 16 heavy (non-hydrogen) atoms. The Kier molecular flexibility index (Phi) is 4.48. The van der Waals surface area contributed by atoms with Gasteiger partial charge in [0.2, 0.25) is 0 Å². The van der Waals surface area contributed by atoms with Crippen molar-refractivity contribution in [1.82, 2.24) is 4.90 Å². The van der Waals surface area contributed by atoms with E-state index < -0.39 is 5.60 Å². The van der Waals surface area contributed by atoms with Crippen LogP contribution >= 0.6 is 11.8 Å². The van der Waals surface area contributed by atoms with Gasteiger partial charge in [-0.05, 0) is 45.4 Å². The van der Waals surface area contributed by atoms with E-state index in [1.54, 1.807) is 4.90 Å². The van der Waals surface area contributed by atoms with Gasteiger partial charge in [0.1, 0.15) is 11.0 Å². The highest BCUT2D eigenvalue weighted by Crippen LogP contribution is 2.23. The van der Waals surface area contributed by atoms with E-state index >= 15 is 0 Å². The molecule has 1 fully saturated rings. The second kappa shape index (κ2) is 5.44. The predicted octanol–water partition coefficient (Wildman–Crippen LogP) is 2.60. The summed E-state index contributed by atoms with van der Waals surface area (Å²) in [5.74, 6) is 0. The molecule has 1 heterocycles. The third-order valence-corrected chi connectivity index (χ3v) is 3.22. The van der Waals surface area contributed by atoms with Crippen molar-refractivity contribution in [2.24, 2.45) is 0 Å². The molecule has 0 unspecified atom stereocenters. The molecule has 1 saturated heterocycles. The molecule has 0 saturated carbocycles.